The molecule has 0 saturated carbocycles. The Morgan fingerprint density at radius 1 is 1.08 bits per heavy atom. The molecule has 2 nitrogen and oxygen atoms in total. The van der Waals surface area contributed by atoms with E-state index in [2.05, 4.69) is 41.5 Å². The number of hydrogen-bond donors (Lipinski definition) is 0. The van der Waals surface area contributed by atoms with Crippen LogP contribution >= 0.6 is 46.3 Å². The molecule has 1 aliphatic heterocycles. The van der Waals surface area contributed by atoms with E-state index in [1.807, 2.05) is 24.3 Å². The average Bonchev–Trinajstić information content (AvgIpc) is 3.11. The molecule has 1 aromatic heterocycles. The van der Waals surface area contributed by atoms with E-state index in [-0.39, 0.29) is 17.0 Å². The highest BCUT2D eigenvalue weighted by Gasteiger charge is 2.27. The minimum absolute atomic E-state index is 0. The number of halogens is 3. The zero-order valence-corrected chi connectivity index (χ0v) is 19.0. The van der Waals surface area contributed by atoms with Crippen LogP contribution in [0.25, 0.3) is 16.3 Å². The summed E-state index contributed by atoms with van der Waals surface area (Å²) in [6.45, 7) is 6.16. The zero-order valence-electron chi connectivity index (χ0n) is 14.3. The average molecular weight is 488 g/mol. The van der Waals surface area contributed by atoms with Gasteiger partial charge in [-0.15, -0.1) is 0 Å². The topological polar surface area (TPSA) is 7.12 Å². The van der Waals surface area contributed by atoms with Crippen molar-refractivity contribution in [3.8, 4) is 0 Å². The van der Waals surface area contributed by atoms with Gasteiger partial charge in [-0.25, -0.2) is 0 Å². The lowest BCUT2D eigenvalue weighted by Crippen LogP contribution is -3.00. The molecule has 0 amide bonds. The first-order valence-electron chi connectivity index (χ1n) is 8.19. The Kier molecular flexibility index (Phi) is 6.25. The van der Waals surface area contributed by atoms with Gasteiger partial charge in [0.05, 0.1) is 16.8 Å². The minimum Gasteiger partial charge on any atom is -1.00 e. The van der Waals surface area contributed by atoms with Crippen LogP contribution < -0.4 is 26.4 Å². The highest BCUT2D eigenvalue weighted by molar-refractivity contribution is 8.03. The fourth-order valence-electron chi connectivity index (χ4n) is 3.12. The molecule has 2 heterocycles. The Bertz CT molecular complexity index is 1000. The number of fused-ring (bicyclic) bond motifs is 2. The summed E-state index contributed by atoms with van der Waals surface area (Å²) in [5.41, 5.74) is 2.39. The fourth-order valence-corrected chi connectivity index (χ4v) is 5.82. The molecular formula is C19H17BrCl2N2S2. The van der Waals surface area contributed by atoms with Gasteiger partial charge in [-0.1, -0.05) is 46.3 Å². The predicted octanol–water partition coefficient (Wildman–Crippen LogP) is 3.45. The molecule has 0 aliphatic carbocycles. The number of hydrogen-bond acceptors (Lipinski definition) is 3. The number of nitrogens with zero attached hydrogens (tertiary/aromatic N) is 2. The molecular weight excluding hydrogens is 471 g/mol. The number of rotatable bonds is 3. The molecule has 0 bridgehead atoms. The molecule has 0 N–H and O–H groups in total. The summed E-state index contributed by atoms with van der Waals surface area (Å²) in [5.74, 6) is 0. The summed E-state index contributed by atoms with van der Waals surface area (Å²) in [4.78, 5) is 3.58. The maximum absolute atomic E-state index is 6.20. The van der Waals surface area contributed by atoms with Gasteiger partial charge in [0.25, 0.3) is 5.01 Å². The number of benzene rings is 2. The largest absolute Gasteiger partial charge is 1.00 e. The van der Waals surface area contributed by atoms with E-state index in [0.717, 1.165) is 23.1 Å². The van der Waals surface area contributed by atoms with Crippen LogP contribution in [0.5, 0.6) is 0 Å². The summed E-state index contributed by atoms with van der Waals surface area (Å²) in [6.07, 6.45) is 2.28. The SMILES string of the molecule is CCN1C(=Cc2sc3ccc(Cl)cc3[n+]2CC)Sc2ccc(Cl)cc21.[Br-]. The summed E-state index contributed by atoms with van der Waals surface area (Å²) in [5, 5.41) is 4.03. The third-order valence-corrected chi connectivity index (χ3v) is 6.96. The van der Waals surface area contributed by atoms with Crippen molar-refractivity contribution in [2.75, 3.05) is 11.4 Å². The Labute approximate surface area is 182 Å². The molecule has 4 rings (SSSR count). The van der Waals surface area contributed by atoms with Crippen LogP contribution in [0.2, 0.25) is 10.0 Å². The van der Waals surface area contributed by atoms with Crippen molar-refractivity contribution in [3.05, 3.63) is 56.5 Å². The molecule has 3 aromatic rings. The molecule has 0 atom stereocenters. The molecule has 1 aliphatic rings. The molecule has 0 saturated heterocycles. The maximum Gasteiger partial charge on any atom is 0.265 e. The first kappa shape index (κ1) is 20.0. The Morgan fingerprint density at radius 2 is 1.81 bits per heavy atom. The van der Waals surface area contributed by atoms with Crippen LogP contribution in [-0.4, -0.2) is 6.54 Å². The lowest BCUT2D eigenvalue weighted by atomic mass is 10.3. The van der Waals surface area contributed by atoms with Gasteiger partial charge in [0.2, 0.25) is 5.52 Å². The van der Waals surface area contributed by atoms with Crippen molar-refractivity contribution < 1.29 is 21.5 Å². The van der Waals surface area contributed by atoms with Gasteiger partial charge in [-0.05, 0) is 44.2 Å². The van der Waals surface area contributed by atoms with Crippen LogP contribution in [0.3, 0.4) is 0 Å². The standard InChI is InChI=1S/C19H17Cl2N2S2.BrH/c1-3-22-14-9-12(20)5-7-16(14)24-18(22)11-19-23(4-2)15-10-13(21)6-8-17(15)25-19;/h5-11H,3-4H2,1-2H3;1H/q+1;/p-1. The van der Waals surface area contributed by atoms with Crippen molar-refractivity contribution in [2.45, 2.75) is 25.3 Å². The number of aromatic nitrogens is 1. The van der Waals surface area contributed by atoms with Gasteiger partial charge in [0.1, 0.15) is 11.2 Å². The van der Waals surface area contributed by atoms with Crippen LogP contribution in [0, 0.1) is 0 Å². The Balaban J connectivity index is 0.00000196. The smallest absolute Gasteiger partial charge is 0.265 e. The molecule has 0 radical (unpaired) electrons. The number of thiazole rings is 1. The van der Waals surface area contributed by atoms with Crippen molar-refractivity contribution in [1.82, 2.24) is 0 Å². The highest BCUT2D eigenvalue weighted by Crippen LogP contribution is 2.47. The van der Waals surface area contributed by atoms with Crippen LogP contribution in [0.4, 0.5) is 5.69 Å². The quantitative estimate of drug-likeness (QED) is 0.522. The second-order valence-corrected chi connectivity index (χ2v) is 8.73. The third-order valence-electron chi connectivity index (χ3n) is 4.26. The minimum atomic E-state index is 0. The van der Waals surface area contributed by atoms with E-state index >= 15 is 0 Å². The van der Waals surface area contributed by atoms with Gasteiger partial charge in [0, 0.05) is 27.6 Å². The number of anilines is 1. The summed E-state index contributed by atoms with van der Waals surface area (Å²) >= 11 is 16.0. The monoisotopic (exact) mass is 486 g/mol. The molecule has 0 unspecified atom stereocenters. The molecule has 136 valence electrons. The maximum atomic E-state index is 6.20. The predicted molar refractivity (Wildman–Crippen MR) is 111 cm³/mol. The summed E-state index contributed by atoms with van der Waals surface area (Å²) < 4.78 is 3.58. The lowest BCUT2D eigenvalue weighted by molar-refractivity contribution is -0.665. The van der Waals surface area contributed by atoms with Gasteiger partial charge in [0.15, 0.2) is 0 Å². The van der Waals surface area contributed by atoms with Gasteiger partial charge in [-0.3, -0.25) is 0 Å². The molecule has 0 fully saturated rings. The van der Waals surface area contributed by atoms with Crippen molar-refractivity contribution in [1.29, 1.82) is 0 Å². The van der Waals surface area contributed by atoms with E-state index in [9.17, 15) is 0 Å². The zero-order chi connectivity index (χ0) is 17.6. The van der Waals surface area contributed by atoms with E-state index in [0.29, 0.717) is 0 Å². The van der Waals surface area contributed by atoms with Gasteiger partial charge < -0.3 is 21.9 Å². The molecule has 0 spiro atoms. The van der Waals surface area contributed by atoms with Crippen molar-refractivity contribution >= 4 is 68.3 Å². The van der Waals surface area contributed by atoms with E-state index in [1.165, 1.54) is 30.8 Å². The Morgan fingerprint density at radius 3 is 2.54 bits per heavy atom. The fraction of sp³-hybridized carbons (Fsp3) is 0.211. The number of aryl methyl sites for hydroxylation is 1. The van der Waals surface area contributed by atoms with Crippen LogP contribution in [0.15, 0.2) is 46.3 Å². The molecule has 2 aromatic carbocycles. The second kappa shape index (κ2) is 8.11. The second-order valence-electron chi connectivity index (χ2n) is 5.74. The molecule has 26 heavy (non-hydrogen) atoms. The highest BCUT2D eigenvalue weighted by atomic mass is 79.9. The van der Waals surface area contributed by atoms with Crippen molar-refractivity contribution in [2.24, 2.45) is 0 Å². The van der Waals surface area contributed by atoms with E-state index < -0.39 is 0 Å². The molecule has 7 heteroatoms. The Hall–Kier alpha value is -0.720. The van der Waals surface area contributed by atoms with Crippen molar-refractivity contribution in [3.63, 3.8) is 0 Å². The third kappa shape index (κ3) is 3.52. The van der Waals surface area contributed by atoms with Crippen LogP contribution in [0.1, 0.15) is 18.9 Å². The van der Waals surface area contributed by atoms with Crippen LogP contribution in [-0.2, 0) is 6.54 Å². The number of thioether (sulfide) groups is 1. The summed E-state index contributed by atoms with van der Waals surface area (Å²) in [7, 11) is 0. The van der Waals surface area contributed by atoms with E-state index in [1.54, 1.807) is 23.1 Å². The van der Waals surface area contributed by atoms with E-state index in [4.69, 9.17) is 23.2 Å². The normalized spacial score (nSPS) is 14.8. The van der Waals surface area contributed by atoms with Gasteiger partial charge in [-0.2, -0.15) is 4.57 Å². The van der Waals surface area contributed by atoms with Gasteiger partial charge >= 0.3 is 0 Å². The summed E-state index contributed by atoms with van der Waals surface area (Å²) in [6, 6.07) is 12.2. The lowest BCUT2D eigenvalue weighted by Gasteiger charge is -2.17. The first-order chi connectivity index (χ1) is 12.1. The first-order valence-corrected chi connectivity index (χ1v) is 10.6.